The van der Waals surface area contributed by atoms with Crippen molar-refractivity contribution in [2.45, 2.75) is 45.4 Å². The molecule has 258 valence electrons. The van der Waals surface area contributed by atoms with E-state index in [2.05, 4.69) is 171 Å². The Morgan fingerprint density at radius 2 is 1.37 bits per heavy atom. The second-order valence-corrected chi connectivity index (χ2v) is 14.3. The number of fused-ring (bicyclic) bond motifs is 3. The van der Waals surface area contributed by atoms with Gasteiger partial charge in [-0.2, -0.15) is 12.1 Å². The summed E-state index contributed by atoms with van der Waals surface area (Å²) >= 11 is 0. The third-order valence-electron chi connectivity index (χ3n) is 9.63. The van der Waals surface area contributed by atoms with E-state index in [1.54, 1.807) is 0 Å². The molecule has 5 nitrogen and oxygen atoms in total. The Morgan fingerprint density at radius 3 is 2.20 bits per heavy atom. The van der Waals surface area contributed by atoms with Crippen LogP contribution in [-0.2, 0) is 31.9 Å². The van der Waals surface area contributed by atoms with Gasteiger partial charge in [-0.25, -0.2) is 4.98 Å². The van der Waals surface area contributed by atoms with E-state index in [-0.39, 0.29) is 31.9 Å². The SMILES string of the molecule is CC(C)(C)c1ccccc1N1C=CN(c2[c-]c(Oc3[c-]c4c(cc3)c3ccccc3n4-c3cc(C(C)(C)c4ccccc4)ccn3)ccc2)[CH-]1.[Pt]. The Labute approximate surface area is 315 Å². The van der Waals surface area contributed by atoms with Crippen LogP contribution < -0.4 is 14.5 Å². The molecule has 5 aromatic carbocycles. The first-order valence-corrected chi connectivity index (χ1v) is 17.0. The third kappa shape index (κ3) is 6.48. The summed E-state index contributed by atoms with van der Waals surface area (Å²) in [5, 5.41) is 2.23. The molecule has 8 rings (SSSR count). The summed E-state index contributed by atoms with van der Waals surface area (Å²) < 4.78 is 8.65. The van der Waals surface area contributed by atoms with Gasteiger partial charge in [0.2, 0.25) is 0 Å². The van der Waals surface area contributed by atoms with Crippen LogP contribution >= 0.6 is 0 Å². The maximum Gasteiger partial charge on any atom is 0.135 e. The molecule has 1 aliphatic heterocycles. The smallest absolute Gasteiger partial charge is 0.135 e. The molecule has 0 radical (unpaired) electrons. The Bertz CT molecular complexity index is 2370. The van der Waals surface area contributed by atoms with E-state index in [0.717, 1.165) is 39.0 Å². The van der Waals surface area contributed by atoms with Crippen LogP contribution in [-0.4, -0.2) is 9.55 Å². The second-order valence-electron chi connectivity index (χ2n) is 14.3. The van der Waals surface area contributed by atoms with Gasteiger partial charge < -0.3 is 19.1 Å². The standard InChI is InChI=1S/C45H39N4O.Pt/c1-44(2,3)39-19-10-12-21-41(39)48-27-26-47(31-48)34-16-13-17-35(29-34)50-36-22-23-38-37-18-9-11-20-40(37)49(42(38)30-36)43-28-33(24-25-46-43)45(4,5)32-14-7-6-8-15-32;/h6-28,31H,1-5H3;/q-3;. The predicted molar refractivity (Wildman–Crippen MR) is 205 cm³/mol. The fourth-order valence-corrected chi connectivity index (χ4v) is 6.86. The van der Waals surface area contributed by atoms with Crippen LogP contribution in [0.4, 0.5) is 11.4 Å². The van der Waals surface area contributed by atoms with Crippen molar-refractivity contribution >= 4 is 33.2 Å². The van der Waals surface area contributed by atoms with Gasteiger partial charge in [-0.1, -0.05) is 107 Å². The van der Waals surface area contributed by atoms with Crippen LogP contribution in [0, 0.1) is 18.8 Å². The number of rotatable bonds is 7. The molecular weight excluding hydrogens is 808 g/mol. The maximum absolute atomic E-state index is 6.46. The molecule has 0 N–H and O–H groups in total. The van der Waals surface area contributed by atoms with Crippen LogP contribution in [0.5, 0.6) is 11.5 Å². The van der Waals surface area contributed by atoms with Crippen LogP contribution in [0.1, 0.15) is 51.3 Å². The van der Waals surface area contributed by atoms with E-state index >= 15 is 0 Å². The van der Waals surface area contributed by atoms with Gasteiger partial charge in [0.05, 0.1) is 0 Å². The van der Waals surface area contributed by atoms with E-state index in [9.17, 15) is 0 Å². The van der Waals surface area contributed by atoms with Crippen molar-refractivity contribution in [2.75, 3.05) is 9.80 Å². The molecule has 0 unspecified atom stereocenters. The number of benzene rings is 5. The van der Waals surface area contributed by atoms with Gasteiger partial charge in [0, 0.05) is 55.4 Å². The fraction of sp³-hybridized carbons (Fsp3) is 0.156. The zero-order valence-electron chi connectivity index (χ0n) is 29.4. The minimum Gasteiger partial charge on any atom is -0.509 e. The fourth-order valence-electron chi connectivity index (χ4n) is 6.86. The molecule has 0 spiro atoms. The first-order chi connectivity index (χ1) is 24.2. The molecule has 0 fully saturated rings. The van der Waals surface area contributed by atoms with Crippen molar-refractivity contribution < 1.29 is 25.8 Å². The molecular formula is C45H39N4OPt-3. The molecule has 0 aliphatic carbocycles. The Morgan fingerprint density at radius 1 is 0.647 bits per heavy atom. The average Bonchev–Trinajstić information content (AvgIpc) is 3.75. The zero-order valence-corrected chi connectivity index (χ0v) is 31.6. The van der Waals surface area contributed by atoms with Crippen molar-refractivity contribution in [3.8, 4) is 17.3 Å². The molecule has 0 saturated carbocycles. The first-order valence-electron chi connectivity index (χ1n) is 17.0. The molecule has 7 aromatic rings. The molecule has 0 amide bonds. The topological polar surface area (TPSA) is 33.5 Å². The van der Waals surface area contributed by atoms with Gasteiger partial charge >= 0.3 is 0 Å². The Kier molecular flexibility index (Phi) is 9.12. The van der Waals surface area contributed by atoms with E-state index in [1.165, 1.54) is 16.7 Å². The minimum absolute atomic E-state index is 0. The summed E-state index contributed by atoms with van der Waals surface area (Å²) in [6.07, 6.45) is 6.03. The summed E-state index contributed by atoms with van der Waals surface area (Å²) in [7, 11) is 0. The Balaban J connectivity index is 0.00000406. The number of ether oxygens (including phenoxy) is 1. The van der Waals surface area contributed by atoms with Crippen molar-refractivity contribution in [1.29, 1.82) is 0 Å². The quantitative estimate of drug-likeness (QED) is 0.150. The van der Waals surface area contributed by atoms with Crippen molar-refractivity contribution in [3.05, 3.63) is 175 Å². The van der Waals surface area contributed by atoms with E-state index in [0.29, 0.717) is 11.5 Å². The normalized spacial score (nSPS) is 13.2. The number of pyridine rings is 1. The molecule has 2 aromatic heterocycles. The summed E-state index contributed by atoms with van der Waals surface area (Å²) in [4.78, 5) is 9.10. The van der Waals surface area contributed by atoms with Crippen molar-refractivity contribution in [1.82, 2.24) is 9.55 Å². The van der Waals surface area contributed by atoms with Gasteiger partial charge in [0.1, 0.15) is 5.82 Å². The molecule has 0 saturated heterocycles. The van der Waals surface area contributed by atoms with Gasteiger partial charge in [-0.15, -0.1) is 48.1 Å². The number of hydrogen-bond acceptors (Lipinski definition) is 4. The molecule has 0 atom stereocenters. The largest absolute Gasteiger partial charge is 0.509 e. The summed E-state index contributed by atoms with van der Waals surface area (Å²) in [5.41, 5.74) is 7.56. The summed E-state index contributed by atoms with van der Waals surface area (Å²) in [6.45, 7) is 13.3. The van der Waals surface area contributed by atoms with Gasteiger partial charge in [-0.3, -0.25) is 0 Å². The number of para-hydroxylation sites is 2. The first kappa shape index (κ1) is 34.3. The molecule has 6 heteroatoms. The monoisotopic (exact) mass is 846 g/mol. The number of hydrogen-bond donors (Lipinski definition) is 0. The van der Waals surface area contributed by atoms with Crippen molar-refractivity contribution in [3.63, 3.8) is 0 Å². The van der Waals surface area contributed by atoms with Gasteiger partial charge in [0.25, 0.3) is 0 Å². The predicted octanol–water partition coefficient (Wildman–Crippen LogP) is 11.1. The number of aromatic nitrogens is 2. The van der Waals surface area contributed by atoms with E-state index < -0.39 is 0 Å². The van der Waals surface area contributed by atoms with Crippen molar-refractivity contribution in [2.24, 2.45) is 0 Å². The third-order valence-corrected chi connectivity index (χ3v) is 9.63. The summed E-state index contributed by atoms with van der Waals surface area (Å²) in [6, 6.07) is 49.0. The van der Waals surface area contributed by atoms with Crippen LogP contribution in [0.25, 0.3) is 27.6 Å². The minimum atomic E-state index is -0.203. The number of anilines is 2. The zero-order chi connectivity index (χ0) is 34.5. The molecule has 1 aliphatic rings. The van der Waals surface area contributed by atoms with Crippen LogP contribution in [0.15, 0.2) is 140 Å². The summed E-state index contributed by atoms with van der Waals surface area (Å²) in [5.74, 6) is 2.06. The van der Waals surface area contributed by atoms with Gasteiger partial charge in [-0.05, 0) is 64.2 Å². The number of nitrogens with zero attached hydrogens (tertiary/aromatic N) is 4. The van der Waals surface area contributed by atoms with E-state index in [1.807, 2.05) is 36.7 Å². The maximum atomic E-state index is 6.46. The molecule has 51 heavy (non-hydrogen) atoms. The van der Waals surface area contributed by atoms with E-state index in [4.69, 9.17) is 9.72 Å². The molecule has 3 heterocycles. The second kappa shape index (κ2) is 13.5. The van der Waals surface area contributed by atoms with Crippen LogP contribution in [0.3, 0.4) is 0 Å². The molecule has 0 bridgehead atoms. The average molecular weight is 847 g/mol. The Hall–Kier alpha value is -5.12. The van der Waals surface area contributed by atoms with Crippen LogP contribution in [0.2, 0.25) is 0 Å². The van der Waals surface area contributed by atoms with Gasteiger partial charge in [0.15, 0.2) is 0 Å².